The Labute approximate surface area is 507 Å². The summed E-state index contributed by atoms with van der Waals surface area (Å²) in [5, 5.41) is 0. The minimum atomic E-state index is -0.806. The molecule has 0 saturated heterocycles. The first-order valence-corrected chi connectivity index (χ1v) is 34.5. The van der Waals surface area contributed by atoms with E-state index in [9.17, 15) is 14.4 Å². The number of carbonyl (C=O) groups excluding carboxylic acids is 3. The highest BCUT2D eigenvalue weighted by molar-refractivity contribution is 5.71. The molecule has 6 heteroatoms. The van der Waals surface area contributed by atoms with Crippen LogP contribution in [0.2, 0.25) is 0 Å². The summed E-state index contributed by atoms with van der Waals surface area (Å²) in [6, 6.07) is 0. The minimum Gasteiger partial charge on any atom is -0.462 e. The Morgan fingerprint density at radius 3 is 0.805 bits per heavy atom. The van der Waals surface area contributed by atoms with Crippen LogP contribution in [0, 0.1) is 0 Å². The third kappa shape index (κ3) is 66.6. The third-order valence-electron chi connectivity index (χ3n) is 14.7. The molecule has 0 aliphatic rings. The van der Waals surface area contributed by atoms with Gasteiger partial charge in [0.15, 0.2) is 6.10 Å². The average molecular weight is 1140 g/mol. The SMILES string of the molecule is CC/C=C\C/C=C\C/C=C\C/C=C\C/C=C\C/C=C\C/C=C\C/C=C\C/C=C\CCCC(=O)OCC(COC(=O)CCCCCCCCC/C=C\CCCCCCCC)OC(=O)CCCCCCCCCCCCCCCCCCCC. The number of hydrogen-bond donors (Lipinski definition) is 0. The van der Waals surface area contributed by atoms with E-state index in [1.807, 2.05) is 0 Å². The first kappa shape index (κ1) is 77.8. The Balaban J connectivity index is 4.45. The predicted octanol–water partition coefficient (Wildman–Crippen LogP) is 23.9. The van der Waals surface area contributed by atoms with Gasteiger partial charge in [-0.05, 0) is 109 Å². The number of carbonyl (C=O) groups is 3. The predicted molar refractivity (Wildman–Crippen MR) is 357 cm³/mol. The van der Waals surface area contributed by atoms with Crippen molar-refractivity contribution in [2.24, 2.45) is 0 Å². The highest BCUT2D eigenvalue weighted by atomic mass is 16.6. The quantitative estimate of drug-likeness (QED) is 0.0261. The van der Waals surface area contributed by atoms with E-state index in [0.717, 1.165) is 103 Å². The second-order valence-corrected chi connectivity index (χ2v) is 22.7. The van der Waals surface area contributed by atoms with Crippen LogP contribution >= 0.6 is 0 Å². The molecule has 0 aromatic heterocycles. The number of hydrogen-bond acceptors (Lipinski definition) is 6. The molecular weight excluding hydrogens is 1010 g/mol. The molecule has 468 valence electrons. The molecule has 0 aromatic carbocycles. The molecule has 0 fully saturated rings. The molecule has 1 unspecified atom stereocenters. The molecule has 0 radical (unpaired) electrons. The highest BCUT2D eigenvalue weighted by Crippen LogP contribution is 2.17. The fourth-order valence-corrected chi connectivity index (χ4v) is 9.56. The van der Waals surface area contributed by atoms with Crippen molar-refractivity contribution in [3.63, 3.8) is 0 Å². The Morgan fingerprint density at radius 1 is 0.256 bits per heavy atom. The van der Waals surface area contributed by atoms with Gasteiger partial charge in [-0.2, -0.15) is 0 Å². The van der Waals surface area contributed by atoms with Gasteiger partial charge in [-0.3, -0.25) is 14.4 Å². The van der Waals surface area contributed by atoms with Crippen LogP contribution in [0.5, 0.6) is 0 Å². The van der Waals surface area contributed by atoms with E-state index in [0.29, 0.717) is 19.3 Å². The molecule has 0 aliphatic heterocycles. The van der Waals surface area contributed by atoms with Crippen molar-refractivity contribution in [3.05, 3.63) is 122 Å². The Bertz CT molecular complexity index is 1690. The molecule has 0 aromatic rings. The lowest BCUT2D eigenvalue weighted by Crippen LogP contribution is -2.30. The smallest absolute Gasteiger partial charge is 0.306 e. The van der Waals surface area contributed by atoms with E-state index in [1.165, 1.54) is 173 Å². The van der Waals surface area contributed by atoms with E-state index in [-0.39, 0.29) is 37.5 Å². The number of rotatable bonds is 62. The first-order valence-electron chi connectivity index (χ1n) is 34.5. The van der Waals surface area contributed by atoms with Gasteiger partial charge in [-0.25, -0.2) is 0 Å². The molecule has 0 heterocycles. The maximum atomic E-state index is 12.9. The van der Waals surface area contributed by atoms with Gasteiger partial charge in [0.2, 0.25) is 0 Å². The van der Waals surface area contributed by atoms with Crippen molar-refractivity contribution in [3.8, 4) is 0 Å². The molecule has 82 heavy (non-hydrogen) atoms. The van der Waals surface area contributed by atoms with Crippen molar-refractivity contribution in [1.29, 1.82) is 0 Å². The van der Waals surface area contributed by atoms with Crippen molar-refractivity contribution in [1.82, 2.24) is 0 Å². The Hall–Kier alpha value is -4.19. The second kappa shape index (κ2) is 69.3. The first-order chi connectivity index (χ1) is 40.5. The standard InChI is InChI=1S/C76H128O6/c1-4-7-10-13-16-19-22-25-28-31-33-34-35-36-37-38-39-40-41-42-43-46-48-51-54-57-60-63-66-69-75(78)81-72-73(71-80-74(77)68-65-62-59-56-53-50-47-44-30-27-24-21-18-15-12-9-6-3)82-76(79)70-67-64-61-58-55-52-49-45-32-29-26-23-20-17-14-11-8-5-2/h7,10,16,19,25,27-28,30,33-34,36-37,39-40,42-43,48,51,57,60,73H,4-6,8-9,11-15,17-18,20-24,26,29,31-32,35,38,41,44-47,49-50,52-56,58-59,61-72H2,1-3H3/b10-7-,19-16-,28-25-,30-27-,34-33-,37-36-,40-39-,43-42-,51-48-,60-57-. The van der Waals surface area contributed by atoms with Gasteiger partial charge in [0.05, 0.1) is 0 Å². The summed E-state index contributed by atoms with van der Waals surface area (Å²) in [5.41, 5.74) is 0. The van der Waals surface area contributed by atoms with E-state index in [2.05, 4.69) is 142 Å². The van der Waals surface area contributed by atoms with Crippen LogP contribution < -0.4 is 0 Å². The Morgan fingerprint density at radius 2 is 0.488 bits per heavy atom. The van der Waals surface area contributed by atoms with Gasteiger partial charge >= 0.3 is 17.9 Å². The van der Waals surface area contributed by atoms with Gasteiger partial charge in [0, 0.05) is 19.3 Å². The van der Waals surface area contributed by atoms with Crippen LogP contribution in [0.1, 0.15) is 323 Å². The normalized spacial score (nSPS) is 12.9. The van der Waals surface area contributed by atoms with E-state index in [1.54, 1.807) is 0 Å². The number of esters is 3. The maximum absolute atomic E-state index is 12.9. The number of allylic oxidation sites excluding steroid dienone is 20. The molecule has 1 atom stereocenters. The summed E-state index contributed by atoms with van der Waals surface area (Å²) in [7, 11) is 0. The van der Waals surface area contributed by atoms with Gasteiger partial charge in [-0.1, -0.05) is 316 Å². The highest BCUT2D eigenvalue weighted by Gasteiger charge is 2.19. The summed E-state index contributed by atoms with van der Waals surface area (Å²) >= 11 is 0. The molecule has 0 aliphatic carbocycles. The van der Waals surface area contributed by atoms with Gasteiger partial charge in [-0.15, -0.1) is 0 Å². The zero-order valence-corrected chi connectivity index (χ0v) is 53.7. The van der Waals surface area contributed by atoms with Crippen LogP contribution in [-0.4, -0.2) is 37.2 Å². The molecule has 6 nitrogen and oxygen atoms in total. The molecule has 0 rings (SSSR count). The van der Waals surface area contributed by atoms with Gasteiger partial charge < -0.3 is 14.2 Å². The Kier molecular flexibility index (Phi) is 65.8. The largest absolute Gasteiger partial charge is 0.462 e. The van der Waals surface area contributed by atoms with Gasteiger partial charge in [0.25, 0.3) is 0 Å². The van der Waals surface area contributed by atoms with Crippen LogP contribution in [0.25, 0.3) is 0 Å². The van der Waals surface area contributed by atoms with Gasteiger partial charge in [0.1, 0.15) is 13.2 Å². The number of unbranched alkanes of at least 4 members (excludes halogenated alkanes) is 31. The molecule has 0 amide bonds. The lowest BCUT2D eigenvalue weighted by atomic mass is 10.0. The summed E-state index contributed by atoms with van der Waals surface area (Å²) < 4.78 is 16.9. The maximum Gasteiger partial charge on any atom is 0.306 e. The van der Waals surface area contributed by atoms with E-state index < -0.39 is 6.10 Å². The van der Waals surface area contributed by atoms with Crippen molar-refractivity contribution >= 4 is 17.9 Å². The fourth-order valence-electron chi connectivity index (χ4n) is 9.56. The lowest BCUT2D eigenvalue weighted by molar-refractivity contribution is -0.167. The number of ether oxygens (including phenoxy) is 3. The molecule has 0 spiro atoms. The summed E-state index contributed by atoms with van der Waals surface area (Å²) in [5.74, 6) is -0.951. The van der Waals surface area contributed by atoms with E-state index >= 15 is 0 Å². The van der Waals surface area contributed by atoms with Crippen LogP contribution in [0.3, 0.4) is 0 Å². The zero-order valence-electron chi connectivity index (χ0n) is 53.7. The fraction of sp³-hybridized carbons (Fsp3) is 0.697. The summed E-state index contributed by atoms with van der Waals surface area (Å²) in [6.07, 6.45) is 96.5. The molecular formula is C76H128O6. The monoisotopic (exact) mass is 1140 g/mol. The third-order valence-corrected chi connectivity index (χ3v) is 14.7. The zero-order chi connectivity index (χ0) is 59.2. The summed E-state index contributed by atoms with van der Waals surface area (Å²) in [4.78, 5) is 38.4. The molecule has 0 bridgehead atoms. The minimum absolute atomic E-state index is 0.0973. The lowest BCUT2D eigenvalue weighted by Gasteiger charge is -2.18. The molecule has 0 saturated carbocycles. The van der Waals surface area contributed by atoms with Crippen LogP contribution in [-0.2, 0) is 28.6 Å². The van der Waals surface area contributed by atoms with E-state index in [4.69, 9.17) is 14.2 Å². The molecule has 0 N–H and O–H groups in total. The van der Waals surface area contributed by atoms with Crippen molar-refractivity contribution in [2.45, 2.75) is 329 Å². The van der Waals surface area contributed by atoms with Crippen molar-refractivity contribution < 1.29 is 28.6 Å². The second-order valence-electron chi connectivity index (χ2n) is 22.7. The van der Waals surface area contributed by atoms with Crippen molar-refractivity contribution in [2.75, 3.05) is 13.2 Å². The average Bonchev–Trinajstić information content (AvgIpc) is 3.47. The van der Waals surface area contributed by atoms with Crippen LogP contribution in [0.15, 0.2) is 122 Å². The topological polar surface area (TPSA) is 78.9 Å². The summed E-state index contributed by atoms with van der Waals surface area (Å²) in [6.45, 7) is 6.51. The van der Waals surface area contributed by atoms with Crippen LogP contribution in [0.4, 0.5) is 0 Å².